The lowest BCUT2D eigenvalue weighted by molar-refractivity contribution is -0.151. The summed E-state index contributed by atoms with van der Waals surface area (Å²) in [5.41, 5.74) is 0. The predicted molar refractivity (Wildman–Crippen MR) is 235 cm³/mol. The van der Waals surface area contributed by atoms with Gasteiger partial charge < -0.3 is 34.3 Å². The molecule has 58 heavy (non-hydrogen) atoms. The predicted octanol–water partition coefficient (Wildman–Crippen LogP) is 11.5. The molecule has 0 aromatic heterocycles. The van der Waals surface area contributed by atoms with Crippen molar-refractivity contribution in [2.75, 3.05) is 53.3 Å². The lowest BCUT2D eigenvalue weighted by Gasteiger charge is -2.19. The number of ether oxygens (including phenoxy) is 5. The Morgan fingerprint density at radius 1 is 0.431 bits per heavy atom. The van der Waals surface area contributed by atoms with E-state index in [9.17, 15) is 19.2 Å². The molecule has 342 valence electrons. The molecule has 0 rings (SSSR count). The quantitative estimate of drug-likeness (QED) is 0.0349. The van der Waals surface area contributed by atoms with Gasteiger partial charge in [-0.3, -0.25) is 14.4 Å². The third-order valence-corrected chi connectivity index (χ3v) is 10.5. The average Bonchev–Trinajstić information content (AvgIpc) is 3.22. The zero-order valence-corrected chi connectivity index (χ0v) is 37.8. The van der Waals surface area contributed by atoms with Crippen molar-refractivity contribution in [2.24, 2.45) is 0 Å². The van der Waals surface area contributed by atoms with Crippen LogP contribution in [0.25, 0.3) is 0 Å². The second-order valence-electron chi connectivity index (χ2n) is 16.1. The number of nitrogens with one attached hydrogen (secondary N) is 2. The molecule has 0 aliphatic rings. The molecule has 0 saturated carbocycles. The van der Waals surface area contributed by atoms with Crippen molar-refractivity contribution >= 4 is 23.9 Å². The molecular formula is C47H90N2O9. The molecule has 0 aromatic rings. The number of esters is 2. The number of hydrogen-bond donors (Lipinski definition) is 2. The lowest BCUT2D eigenvalue weighted by Crippen LogP contribution is -2.43. The molecule has 0 aliphatic heterocycles. The van der Waals surface area contributed by atoms with E-state index in [1.807, 2.05) is 0 Å². The molecule has 0 saturated heterocycles. The van der Waals surface area contributed by atoms with Crippen LogP contribution in [0.15, 0.2) is 0 Å². The fourth-order valence-electron chi connectivity index (χ4n) is 6.83. The van der Waals surface area contributed by atoms with E-state index in [1.54, 1.807) is 7.11 Å². The standard InChI is InChI=1S/C47H90N2O9/c1-4-6-8-10-12-14-16-18-20-21-23-25-27-29-31-33-44(50)49-43(41-57-46(52)35-34-45(51)56-40-39-55-38-37-54-3)42-58-47(53)48-36-32-30-28-26-24-22-19-17-15-13-11-9-7-5-2/h43H,4-42H2,1-3H3,(H,48,53)(H,49,50). The van der Waals surface area contributed by atoms with Crippen LogP contribution in [0, 0.1) is 0 Å². The summed E-state index contributed by atoms with van der Waals surface area (Å²) < 4.78 is 26.0. The highest BCUT2D eigenvalue weighted by atomic mass is 16.6. The van der Waals surface area contributed by atoms with Gasteiger partial charge in [0.25, 0.3) is 0 Å². The van der Waals surface area contributed by atoms with E-state index in [0.29, 0.717) is 26.2 Å². The van der Waals surface area contributed by atoms with Gasteiger partial charge in [-0.1, -0.05) is 187 Å². The maximum atomic E-state index is 12.8. The molecule has 0 radical (unpaired) electrons. The maximum absolute atomic E-state index is 12.8. The molecule has 0 fully saturated rings. The largest absolute Gasteiger partial charge is 0.463 e. The molecule has 0 aliphatic carbocycles. The Balaban J connectivity index is 4.35. The van der Waals surface area contributed by atoms with Crippen LogP contribution in [0.5, 0.6) is 0 Å². The van der Waals surface area contributed by atoms with E-state index >= 15 is 0 Å². The lowest BCUT2D eigenvalue weighted by atomic mass is 10.0. The Morgan fingerprint density at radius 2 is 0.828 bits per heavy atom. The van der Waals surface area contributed by atoms with Crippen molar-refractivity contribution in [2.45, 2.75) is 225 Å². The van der Waals surface area contributed by atoms with Gasteiger partial charge in [0.2, 0.25) is 5.91 Å². The van der Waals surface area contributed by atoms with E-state index in [2.05, 4.69) is 24.5 Å². The number of rotatable bonds is 45. The van der Waals surface area contributed by atoms with E-state index < -0.39 is 24.1 Å². The Bertz CT molecular complexity index is 936. The van der Waals surface area contributed by atoms with Crippen LogP contribution in [-0.4, -0.2) is 83.3 Å². The number of unbranched alkanes of at least 4 members (excludes halogenated alkanes) is 27. The van der Waals surface area contributed by atoms with Crippen molar-refractivity contribution in [1.29, 1.82) is 0 Å². The summed E-state index contributed by atoms with van der Waals surface area (Å²) >= 11 is 0. The molecule has 0 bridgehead atoms. The second kappa shape index (κ2) is 45.7. The SMILES string of the molecule is CCCCCCCCCCCCCCCCCC(=O)NC(COC(=O)CCC(=O)OCCOCCOC)COC(=O)NCCCCCCCCCCCCCCCC. The molecule has 2 amide bonds. The minimum absolute atomic E-state index is 0.0872. The van der Waals surface area contributed by atoms with Gasteiger partial charge in [-0.05, 0) is 12.8 Å². The van der Waals surface area contributed by atoms with Crippen LogP contribution in [0.2, 0.25) is 0 Å². The second-order valence-corrected chi connectivity index (χ2v) is 16.1. The highest BCUT2D eigenvalue weighted by Gasteiger charge is 2.18. The molecule has 11 heteroatoms. The third kappa shape index (κ3) is 43.2. The number of alkyl carbamates (subject to hydrolysis) is 1. The monoisotopic (exact) mass is 827 g/mol. The van der Waals surface area contributed by atoms with Gasteiger partial charge in [0.15, 0.2) is 0 Å². The van der Waals surface area contributed by atoms with Gasteiger partial charge >= 0.3 is 18.0 Å². The van der Waals surface area contributed by atoms with E-state index in [-0.39, 0.29) is 45.2 Å². The topological polar surface area (TPSA) is 138 Å². The van der Waals surface area contributed by atoms with E-state index in [1.165, 1.54) is 148 Å². The van der Waals surface area contributed by atoms with Crippen LogP contribution in [0.3, 0.4) is 0 Å². The first-order valence-electron chi connectivity index (χ1n) is 24.0. The summed E-state index contributed by atoms with van der Waals surface area (Å²) in [4.78, 5) is 49.7. The van der Waals surface area contributed by atoms with Crippen LogP contribution in [0.4, 0.5) is 4.79 Å². The van der Waals surface area contributed by atoms with Gasteiger partial charge in [0.05, 0.1) is 38.7 Å². The molecule has 1 unspecified atom stereocenters. The Morgan fingerprint density at radius 3 is 1.29 bits per heavy atom. The number of carbonyl (C=O) groups excluding carboxylic acids is 4. The summed E-state index contributed by atoms with van der Waals surface area (Å²) in [6, 6.07) is -0.698. The Labute approximate surface area is 355 Å². The van der Waals surface area contributed by atoms with Gasteiger partial charge in [-0.15, -0.1) is 0 Å². The van der Waals surface area contributed by atoms with Crippen molar-refractivity contribution in [3.05, 3.63) is 0 Å². The van der Waals surface area contributed by atoms with E-state index in [0.717, 1.165) is 38.5 Å². The normalized spacial score (nSPS) is 11.6. The molecule has 1 atom stereocenters. The zero-order valence-electron chi connectivity index (χ0n) is 37.8. The summed E-state index contributed by atoms with van der Waals surface area (Å²) in [5, 5.41) is 5.68. The zero-order chi connectivity index (χ0) is 42.4. The fourth-order valence-corrected chi connectivity index (χ4v) is 6.83. The summed E-state index contributed by atoms with van der Waals surface area (Å²) in [6.07, 6.45) is 36.1. The van der Waals surface area contributed by atoms with Gasteiger partial charge in [-0.2, -0.15) is 0 Å². The number of amides is 2. The van der Waals surface area contributed by atoms with Gasteiger partial charge in [0.1, 0.15) is 19.8 Å². The van der Waals surface area contributed by atoms with Crippen molar-refractivity contribution < 1.29 is 42.9 Å². The molecular weight excluding hydrogens is 737 g/mol. The fraction of sp³-hybridized carbons (Fsp3) is 0.915. The number of methoxy groups -OCH3 is 1. The summed E-state index contributed by atoms with van der Waals surface area (Å²) in [7, 11) is 1.58. The van der Waals surface area contributed by atoms with Crippen LogP contribution >= 0.6 is 0 Å². The first kappa shape index (κ1) is 55.6. The van der Waals surface area contributed by atoms with Gasteiger partial charge in [-0.25, -0.2) is 4.79 Å². The molecule has 11 nitrogen and oxygen atoms in total. The Kier molecular flexibility index (Phi) is 43.8. The highest BCUT2D eigenvalue weighted by Crippen LogP contribution is 2.15. The van der Waals surface area contributed by atoms with Crippen molar-refractivity contribution in [3.8, 4) is 0 Å². The van der Waals surface area contributed by atoms with Gasteiger partial charge in [0, 0.05) is 20.1 Å². The third-order valence-electron chi connectivity index (χ3n) is 10.5. The van der Waals surface area contributed by atoms with Crippen molar-refractivity contribution in [1.82, 2.24) is 10.6 Å². The summed E-state index contributed by atoms with van der Waals surface area (Å²) in [6.45, 7) is 5.94. The highest BCUT2D eigenvalue weighted by molar-refractivity contribution is 5.78. The van der Waals surface area contributed by atoms with Crippen LogP contribution < -0.4 is 10.6 Å². The molecule has 0 heterocycles. The average molecular weight is 827 g/mol. The molecule has 0 spiro atoms. The maximum Gasteiger partial charge on any atom is 0.407 e. The first-order chi connectivity index (χ1) is 28.4. The Hall–Kier alpha value is -2.40. The van der Waals surface area contributed by atoms with Crippen LogP contribution in [0.1, 0.15) is 219 Å². The minimum atomic E-state index is -0.698. The summed E-state index contributed by atoms with van der Waals surface area (Å²) in [5.74, 6) is -1.30. The smallest absolute Gasteiger partial charge is 0.407 e. The first-order valence-corrected chi connectivity index (χ1v) is 24.0. The molecule has 2 N–H and O–H groups in total. The number of hydrogen-bond acceptors (Lipinski definition) is 9. The number of carbonyl (C=O) groups is 4. The molecule has 0 aromatic carbocycles. The van der Waals surface area contributed by atoms with Crippen LogP contribution in [-0.2, 0) is 38.1 Å². The van der Waals surface area contributed by atoms with Crippen molar-refractivity contribution in [3.63, 3.8) is 0 Å². The minimum Gasteiger partial charge on any atom is -0.463 e. The van der Waals surface area contributed by atoms with E-state index in [4.69, 9.17) is 23.7 Å².